The van der Waals surface area contributed by atoms with Crippen LogP contribution in [0, 0.1) is 5.92 Å². The highest BCUT2D eigenvalue weighted by Crippen LogP contribution is 2.28. The number of hydrogen-bond acceptors (Lipinski definition) is 2. The highest BCUT2D eigenvalue weighted by Gasteiger charge is 2.32. The molecule has 0 aromatic carbocycles. The average molecular weight is 141 g/mol. The van der Waals surface area contributed by atoms with Crippen LogP contribution in [0.25, 0.3) is 0 Å². The summed E-state index contributed by atoms with van der Waals surface area (Å²) >= 11 is 0. The molecule has 1 aliphatic heterocycles. The minimum atomic E-state index is 0.538. The van der Waals surface area contributed by atoms with Gasteiger partial charge in [0, 0.05) is 6.04 Å². The Bertz CT molecular complexity index is 126. The van der Waals surface area contributed by atoms with Crippen molar-refractivity contribution in [2.75, 3.05) is 6.73 Å². The molecule has 1 saturated carbocycles. The Morgan fingerprint density at radius 3 is 3.20 bits per heavy atom. The molecule has 2 heteroatoms. The molecule has 10 heavy (non-hydrogen) atoms. The van der Waals surface area contributed by atoms with E-state index in [1.54, 1.807) is 0 Å². The van der Waals surface area contributed by atoms with Crippen molar-refractivity contribution < 1.29 is 4.74 Å². The largest absolute Gasteiger partial charge is 0.361 e. The predicted molar refractivity (Wildman–Crippen MR) is 39.7 cm³/mol. The Kier molecular flexibility index (Phi) is 1.66. The van der Waals surface area contributed by atoms with Crippen molar-refractivity contribution in [3.05, 3.63) is 0 Å². The third-order valence-electron chi connectivity index (χ3n) is 2.69. The molecule has 1 N–H and O–H groups in total. The zero-order valence-electron chi connectivity index (χ0n) is 6.47. The summed E-state index contributed by atoms with van der Waals surface area (Å²) in [6, 6.07) is 0.670. The number of fused-ring (bicyclic) bond motifs is 1. The summed E-state index contributed by atoms with van der Waals surface area (Å²) in [5.41, 5.74) is 0. The van der Waals surface area contributed by atoms with E-state index in [4.69, 9.17) is 4.74 Å². The molecule has 58 valence electrons. The first kappa shape index (κ1) is 6.62. The van der Waals surface area contributed by atoms with Crippen molar-refractivity contribution in [3.8, 4) is 0 Å². The van der Waals surface area contributed by atoms with Gasteiger partial charge in [-0.3, -0.25) is 5.32 Å². The van der Waals surface area contributed by atoms with Gasteiger partial charge in [0.15, 0.2) is 0 Å². The maximum absolute atomic E-state index is 5.49. The van der Waals surface area contributed by atoms with Crippen LogP contribution in [0.3, 0.4) is 0 Å². The van der Waals surface area contributed by atoms with Crippen LogP contribution in [0.2, 0.25) is 0 Å². The van der Waals surface area contributed by atoms with E-state index in [-0.39, 0.29) is 0 Å². The van der Waals surface area contributed by atoms with Crippen LogP contribution in [0.15, 0.2) is 0 Å². The molecule has 2 fully saturated rings. The fourth-order valence-electron chi connectivity index (χ4n) is 2.03. The Labute approximate surface area is 61.9 Å². The van der Waals surface area contributed by atoms with Crippen molar-refractivity contribution in [1.82, 2.24) is 5.32 Å². The first-order chi connectivity index (χ1) is 4.86. The lowest BCUT2D eigenvalue weighted by Gasteiger charge is -2.27. The smallest absolute Gasteiger partial charge is 0.0972 e. The lowest BCUT2D eigenvalue weighted by molar-refractivity contribution is 0.0724. The SMILES string of the molecule is CC1CCC2OCN[C@H]2C1. The van der Waals surface area contributed by atoms with E-state index in [2.05, 4.69) is 12.2 Å². The molecule has 0 aromatic rings. The highest BCUT2D eigenvalue weighted by molar-refractivity contribution is 4.86. The zero-order chi connectivity index (χ0) is 6.97. The van der Waals surface area contributed by atoms with Crippen LogP contribution in [0.1, 0.15) is 26.2 Å². The van der Waals surface area contributed by atoms with Gasteiger partial charge < -0.3 is 4.74 Å². The van der Waals surface area contributed by atoms with Gasteiger partial charge in [-0.1, -0.05) is 6.92 Å². The summed E-state index contributed by atoms with van der Waals surface area (Å²) in [6.45, 7) is 3.11. The van der Waals surface area contributed by atoms with Gasteiger partial charge in [-0.15, -0.1) is 0 Å². The monoisotopic (exact) mass is 141 g/mol. The summed E-state index contributed by atoms with van der Waals surface area (Å²) in [4.78, 5) is 0. The second-order valence-electron chi connectivity index (χ2n) is 3.58. The van der Waals surface area contributed by atoms with Crippen LogP contribution in [-0.4, -0.2) is 18.9 Å². The van der Waals surface area contributed by atoms with E-state index in [9.17, 15) is 0 Å². The highest BCUT2D eigenvalue weighted by atomic mass is 16.5. The third kappa shape index (κ3) is 1.06. The van der Waals surface area contributed by atoms with Crippen molar-refractivity contribution in [1.29, 1.82) is 0 Å². The van der Waals surface area contributed by atoms with E-state index in [0.29, 0.717) is 12.1 Å². The minimum Gasteiger partial charge on any atom is -0.361 e. The Morgan fingerprint density at radius 2 is 2.30 bits per heavy atom. The summed E-state index contributed by atoms with van der Waals surface area (Å²) in [6.07, 6.45) is 4.46. The second kappa shape index (κ2) is 2.51. The normalized spacial score (nSPS) is 47.1. The van der Waals surface area contributed by atoms with E-state index in [0.717, 1.165) is 12.6 Å². The summed E-state index contributed by atoms with van der Waals surface area (Å²) in [5.74, 6) is 0.899. The molecule has 0 amide bonds. The molecule has 0 spiro atoms. The predicted octanol–water partition coefficient (Wildman–Crippen LogP) is 1.12. The Balaban J connectivity index is 1.96. The maximum Gasteiger partial charge on any atom is 0.0972 e. The lowest BCUT2D eigenvalue weighted by Crippen LogP contribution is -2.36. The molecular weight excluding hydrogens is 126 g/mol. The zero-order valence-corrected chi connectivity index (χ0v) is 6.47. The van der Waals surface area contributed by atoms with Crippen LogP contribution >= 0.6 is 0 Å². The molecular formula is C8H15NO. The Hall–Kier alpha value is -0.0800. The third-order valence-corrected chi connectivity index (χ3v) is 2.69. The lowest BCUT2D eigenvalue weighted by atomic mass is 9.85. The molecule has 2 rings (SSSR count). The molecule has 2 aliphatic rings. The molecule has 0 aromatic heterocycles. The molecule has 3 atom stereocenters. The van der Waals surface area contributed by atoms with Gasteiger partial charge in [-0.2, -0.15) is 0 Å². The fraction of sp³-hybridized carbons (Fsp3) is 1.00. The van der Waals surface area contributed by atoms with Crippen molar-refractivity contribution in [3.63, 3.8) is 0 Å². The summed E-state index contributed by atoms with van der Waals surface area (Å²) in [7, 11) is 0. The van der Waals surface area contributed by atoms with Crippen LogP contribution in [0.5, 0.6) is 0 Å². The number of nitrogens with one attached hydrogen (secondary N) is 1. The number of hydrogen-bond donors (Lipinski definition) is 1. The average Bonchev–Trinajstić information content (AvgIpc) is 2.33. The summed E-state index contributed by atoms with van der Waals surface area (Å²) < 4.78 is 5.49. The van der Waals surface area contributed by atoms with Gasteiger partial charge in [0.2, 0.25) is 0 Å². The molecule has 1 saturated heterocycles. The molecule has 0 bridgehead atoms. The standard InChI is InChI=1S/C8H15NO/c1-6-2-3-8-7(4-6)9-5-10-8/h6-9H,2-5H2,1H3/t6?,7-,8?/m0/s1. The Morgan fingerprint density at radius 1 is 1.40 bits per heavy atom. The van der Waals surface area contributed by atoms with Gasteiger partial charge >= 0.3 is 0 Å². The van der Waals surface area contributed by atoms with Gasteiger partial charge in [0.05, 0.1) is 12.8 Å². The fourth-order valence-corrected chi connectivity index (χ4v) is 2.03. The number of ether oxygens (including phenoxy) is 1. The van der Waals surface area contributed by atoms with Gasteiger partial charge in [-0.05, 0) is 25.2 Å². The first-order valence-corrected chi connectivity index (χ1v) is 4.21. The van der Waals surface area contributed by atoms with E-state index < -0.39 is 0 Å². The maximum atomic E-state index is 5.49. The van der Waals surface area contributed by atoms with E-state index in [1.165, 1.54) is 19.3 Å². The van der Waals surface area contributed by atoms with Crippen LogP contribution in [-0.2, 0) is 4.74 Å². The second-order valence-corrected chi connectivity index (χ2v) is 3.58. The van der Waals surface area contributed by atoms with Crippen molar-refractivity contribution >= 4 is 0 Å². The molecule has 0 radical (unpaired) electrons. The molecule has 2 unspecified atom stereocenters. The van der Waals surface area contributed by atoms with Crippen LogP contribution < -0.4 is 5.32 Å². The van der Waals surface area contributed by atoms with Crippen molar-refractivity contribution in [2.45, 2.75) is 38.3 Å². The van der Waals surface area contributed by atoms with Crippen LogP contribution in [0.4, 0.5) is 0 Å². The van der Waals surface area contributed by atoms with E-state index in [1.807, 2.05) is 0 Å². The first-order valence-electron chi connectivity index (χ1n) is 4.21. The van der Waals surface area contributed by atoms with Gasteiger partial charge in [0.25, 0.3) is 0 Å². The van der Waals surface area contributed by atoms with Gasteiger partial charge in [0.1, 0.15) is 0 Å². The quantitative estimate of drug-likeness (QED) is 0.546. The van der Waals surface area contributed by atoms with E-state index >= 15 is 0 Å². The number of rotatable bonds is 0. The van der Waals surface area contributed by atoms with Gasteiger partial charge in [-0.25, -0.2) is 0 Å². The molecule has 2 nitrogen and oxygen atoms in total. The minimum absolute atomic E-state index is 0.538. The topological polar surface area (TPSA) is 21.3 Å². The summed E-state index contributed by atoms with van der Waals surface area (Å²) in [5, 5.41) is 3.37. The molecule has 1 heterocycles. The molecule has 1 aliphatic carbocycles. The van der Waals surface area contributed by atoms with Crippen molar-refractivity contribution in [2.24, 2.45) is 5.92 Å².